The van der Waals surface area contributed by atoms with Gasteiger partial charge in [-0.05, 0) is 60.5 Å². The van der Waals surface area contributed by atoms with Crippen molar-refractivity contribution in [2.75, 3.05) is 39.2 Å². The molecular weight excluding hydrogens is 526 g/mol. The summed E-state index contributed by atoms with van der Waals surface area (Å²) in [5.41, 5.74) is 1.78. The number of hydrogen-bond donors (Lipinski definition) is 2. The molecule has 0 aliphatic carbocycles. The van der Waals surface area contributed by atoms with Gasteiger partial charge in [0, 0.05) is 25.6 Å². The molecule has 2 amide bonds. The summed E-state index contributed by atoms with van der Waals surface area (Å²) >= 11 is 1.19. The maximum absolute atomic E-state index is 13.0. The van der Waals surface area contributed by atoms with Crippen molar-refractivity contribution in [2.45, 2.75) is 23.5 Å². The third-order valence-electron chi connectivity index (χ3n) is 6.49. The molecule has 1 aliphatic rings. The molecule has 4 rings (SSSR count). The van der Waals surface area contributed by atoms with E-state index < -0.39 is 10.0 Å². The lowest BCUT2D eigenvalue weighted by Gasteiger charge is -2.30. The van der Waals surface area contributed by atoms with Crippen LogP contribution in [0.15, 0.2) is 64.2 Å². The highest BCUT2D eigenvalue weighted by Gasteiger charge is 2.32. The molecular formula is C27H31N3O6S2. The Kier molecular flexibility index (Phi) is 9.03. The van der Waals surface area contributed by atoms with Crippen LogP contribution in [0.25, 0.3) is 0 Å². The minimum Gasteiger partial charge on any atom is -0.493 e. The van der Waals surface area contributed by atoms with Crippen LogP contribution in [0.5, 0.6) is 11.5 Å². The van der Waals surface area contributed by atoms with E-state index in [4.69, 9.17) is 9.47 Å². The molecule has 11 heteroatoms. The Labute approximate surface area is 226 Å². The summed E-state index contributed by atoms with van der Waals surface area (Å²) in [7, 11) is -0.376. The number of sulfonamides is 1. The largest absolute Gasteiger partial charge is 0.493 e. The van der Waals surface area contributed by atoms with Crippen LogP contribution < -0.4 is 20.1 Å². The number of rotatable bonds is 10. The van der Waals surface area contributed by atoms with Gasteiger partial charge in [0.05, 0.1) is 25.5 Å². The fourth-order valence-electron chi connectivity index (χ4n) is 4.37. The zero-order chi connectivity index (χ0) is 27.1. The summed E-state index contributed by atoms with van der Waals surface area (Å²) in [6.45, 7) is 0.945. The number of ether oxygens (including phenoxy) is 2. The van der Waals surface area contributed by atoms with Crippen LogP contribution in [0, 0.1) is 5.92 Å². The number of piperidine rings is 1. The van der Waals surface area contributed by atoms with Crippen LogP contribution in [0.2, 0.25) is 0 Å². The monoisotopic (exact) mass is 557 g/mol. The Morgan fingerprint density at radius 3 is 2.42 bits per heavy atom. The quantitative estimate of drug-likeness (QED) is 0.392. The Balaban J connectivity index is 1.32. The van der Waals surface area contributed by atoms with E-state index in [1.807, 2.05) is 18.2 Å². The van der Waals surface area contributed by atoms with E-state index in [0.29, 0.717) is 52.8 Å². The first-order valence-electron chi connectivity index (χ1n) is 12.3. The second-order valence-electron chi connectivity index (χ2n) is 8.84. The van der Waals surface area contributed by atoms with Crippen LogP contribution in [0.3, 0.4) is 0 Å². The average Bonchev–Trinajstić information content (AvgIpc) is 3.49. The molecule has 38 heavy (non-hydrogen) atoms. The van der Waals surface area contributed by atoms with Gasteiger partial charge >= 0.3 is 0 Å². The second-order valence-corrected chi connectivity index (χ2v) is 12.0. The fourth-order valence-corrected chi connectivity index (χ4v) is 6.99. The zero-order valence-electron chi connectivity index (χ0n) is 21.3. The van der Waals surface area contributed by atoms with Crippen molar-refractivity contribution in [3.63, 3.8) is 0 Å². The molecule has 9 nitrogen and oxygen atoms in total. The molecule has 3 aromatic rings. The smallest absolute Gasteiger partial charge is 0.253 e. The van der Waals surface area contributed by atoms with E-state index in [2.05, 4.69) is 10.6 Å². The van der Waals surface area contributed by atoms with Gasteiger partial charge < -0.3 is 20.1 Å². The predicted octanol–water partition coefficient (Wildman–Crippen LogP) is 3.78. The van der Waals surface area contributed by atoms with Gasteiger partial charge in [-0.1, -0.05) is 24.3 Å². The summed E-state index contributed by atoms with van der Waals surface area (Å²) in [5.74, 6) is 0.409. The Bertz CT molecular complexity index is 1370. The van der Waals surface area contributed by atoms with Crippen molar-refractivity contribution in [3.05, 3.63) is 71.1 Å². The molecule has 1 aromatic heterocycles. The topological polar surface area (TPSA) is 114 Å². The summed E-state index contributed by atoms with van der Waals surface area (Å²) in [4.78, 5) is 25.9. The molecule has 0 spiro atoms. The fraction of sp³-hybridized carbons (Fsp3) is 0.333. The molecule has 0 bridgehead atoms. The SMILES string of the molecule is COc1ccc(CCNC(=O)c2ccccc2NC(=O)C2CCN(S(=O)(=O)c3cccs3)CC2)cc1OC. The molecule has 2 aromatic carbocycles. The van der Waals surface area contributed by atoms with Crippen molar-refractivity contribution in [1.29, 1.82) is 0 Å². The van der Waals surface area contributed by atoms with E-state index in [-0.39, 0.29) is 30.8 Å². The third kappa shape index (κ3) is 6.35. The molecule has 0 saturated carbocycles. The molecule has 0 radical (unpaired) electrons. The molecule has 2 N–H and O–H groups in total. The van der Waals surface area contributed by atoms with Gasteiger partial charge in [0.25, 0.3) is 15.9 Å². The van der Waals surface area contributed by atoms with Crippen molar-refractivity contribution in [3.8, 4) is 11.5 Å². The zero-order valence-corrected chi connectivity index (χ0v) is 22.9. The van der Waals surface area contributed by atoms with Gasteiger partial charge in [0.2, 0.25) is 5.91 Å². The number of thiophene rings is 1. The minimum atomic E-state index is -3.53. The number of para-hydroxylation sites is 1. The van der Waals surface area contributed by atoms with Crippen molar-refractivity contribution >= 4 is 38.9 Å². The minimum absolute atomic E-state index is 0.219. The summed E-state index contributed by atoms with van der Waals surface area (Å²) < 4.78 is 37.8. The number of hydrogen-bond acceptors (Lipinski definition) is 7. The van der Waals surface area contributed by atoms with E-state index >= 15 is 0 Å². The van der Waals surface area contributed by atoms with Crippen molar-refractivity contribution in [2.24, 2.45) is 5.92 Å². The highest BCUT2D eigenvalue weighted by molar-refractivity contribution is 7.91. The number of nitrogens with zero attached hydrogens (tertiary/aromatic N) is 1. The van der Waals surface area contributed by atoms with Crippen LogP contribution in [-0.4, -0.2) is 58.4 Å². The van der Waals surface area contributed by atoms with Gasteiger partial charge in [-0.2, -0.15) is 4.31 Å². The van der Waals surface area contributed by atoms with Gasteiger partial charge in [0.1, 0.15) is 4.21 Å². The highest BCUT2D eigenvalue weighted by atomic mass is 32.2. The van der Waals surface area contributed by atoms with Crippen molar-refractivity contribution < 1.29 is 27.5 Å². The molecule has 1 fully saturated rings. The number of anilines is 1. The summed E-state index contributed by atoms with van der Waals surface area (Å²) in [5, 5.41) is 7.52. The number of benzene rings is 2. The number of carbonyl (C=O) groups is 2. The summed E-state index contributed by atoms with van der Waals surface area (Å²) in [6.07, 6.45) is 1.42. The van der Waals surface area contributed by atoms with Gasteiger partial charge in [-0.25, -0.2) is 8.42 Å². The first-order chi connectivity index (χ1) is 18.3. The normalized spacial score (nSPS) is 14.6. The number of methoxy groups -OCH3 is 2. The predicted molar refractivity (Wildman–Crippen MR) is 146 cm³/mol. The molecule has 0 atom stereocenters. The Hall–Kier alpha value is -3.41. The van der Waals surface area contributed by atoms with Crippen LogP contribution >= 0.6 is 11.3 Å². The van der Waals surface area contributed by atoms with Crippen molar-refractivity contribution in [1.82, 2.24) is 9.62 Å². The lowest BCUT2D eigenvalue weighted by Crippen LogP contribution is -2.41. The van der Waals surface area contributed by atoms with E-state index in [1.165, 1.54) is 15.6 Å². The van der Waals surface area contributed by atoms with Gasteiger partial charge in [0.15, 0.2) is 11.5 Å². The second kappa shape index (κ2) is 12.4. The van der Waals surface area contributed by atoms with E-state index in [0.717, 1.165) is 5.56 Å². The van der Waals surface area contributed by atoms with E-state index in [1.54, 1.807) is 56.0 Å². The lowest BCUT2D eigenvalue weighted by molar-refractivity contribution is -0.120. The number of amides is 2. The number of nitrogens with one attached hydrogen (secondary N) is 2. The molecule has 1 aliphatic heterocycles. The van der Waals surface area contributed by atoms with Crippen LogP contribution in [0.4, 0.5) is 5.69 Å². The summed E-state index contributed by atoms with van der Waals surface area (Å²) in [6, 6.07) is 15.8. The Morgan fingerprint density at radius 2 is 1.74 bits per heavy atom. The standard InChI is InChI=1S/C27H31N3O6S2/c1-35-23-10-9-19(18-24(23)36-2)11-14-28-27(32)21-6-3-4-7-22(21)29-26(31)20-12-15-30(16-13-20)38(33,34)25-8-5-17-37-25/h3-10,17-18,20H,11-16H2,1-2H3,(H,28,32)(H,29,31). The highest BCUT2D eigenvalue weighted by Crippen LogP contribution is 2.29. The first-order valence-corrected chi connectivity index (χ1v) is 14.6. The molecule has 0 unspecified atom stereocenters. The number of carbonyl (C=O) groups excluding carboxylic acids is 2. The third-order valence-corrected chi connectivity index (χ3v) is 9.76. The first kappa shape index (κ1) is 27.6. The van der Waals surface area contributed by atoms with E-state index in [9.17, 15) is 18.0 Å². The average molecular weight is 558 g/mol. The molecule has 202 valence electrons. The van der Waals surface area contributed by atoms with Crippen LogP contribution in [0.1, 0.15) is 28.8 Å². The maximum Gasteiger partial charge on any atom is 0.253 e. The molecule has 2 heterocycles. The van der Waals surface area contributed by atoms with Gasteiger partial charge in [-0.15, -0.1) is 11.3 Å². The molecule has 1 saturated heterocycles. The Morgan fingerprint density at radius 1 is 1.00 bits per heavy atom. The lowest BCUT2D eigenvalue weighted by atomic mass is 9.97. The van der Waals surface area contributed by atoms with Gasteiger partial charge in [-0.3, -0.25) is 9.59 Å². The van der Waals surface area contributed by atoms with Crippen LogP contribution in [-0.2, 0) is 21.2 Å². The maximum atomic E-state index is 13.0.